The molecule has 0 radical (unpaired) electrons. The van der Waals surface area contributed by atoms with E-state index in [0.717, 1.165) is 40.3 Å². The first-order chi connectivity index (χ1) is 10.2. The lowest BCUT2D eigenvalue weighted by molar-refractivity contribution is 0.112. The summed E-state index contributed by atoms with van der Waals surface area (Å²) in [5, 5.41) is 1.05. The van der Waals surface area contributed by atoms with Crippen molar-refractivity contribution in [2.45, 2.75) is 12.5 Å². The maximum atomic E-state index is 10.8. The zero-order valence-corrected chi connectivity index (χ0v) is 13.6. The van der Waals surface area contributed by atoms with Crippen LogP contribution in [0.4, 0.5) is 5.82 Å². The molecule has 3 rings (SSSR count). The summed E-state index contributed by atoms with van der Waals surface area (Å²) >= 11 is 1.46. The monoisotopic (exact) mass is 306 g/mol. The minimum absolute atomic E-state index is 0.603. The molecule has 0 amide bonds. The van der Waals surface area contributed by atoms with Crippen molar-refractivity contribution in [2.75, 3.05) is 39.1 Å². The van der Waals surface area contributed by atoms with E-state index in [1.165, 1.54) is 24.8 Å². The number of aromatic nitrogens is 1. The molecule has 5 nitrogen and oxygen atoms in total. The molecule has 2 aromatic rings. The molecule has 1 aliphatic rings. The van der Waals surface area contributed by atoms with Crippen LogP contribution in [-0.2, 0) is 0 Å². The molecule has 2 N–H and O–H groups in total. The van der Waals surface area contributed by atoms with E-state index in [2.05, 4.69) is 46.7 Å². The number of carbonyl (C=O) groups is 1. The van der Waals surface area contributed by atoms with Crippen molar-refractivity contribution in [3.8, 4) is 0 Å². The van der Waals surface area contributed by atoms with Gasteiger partial charge >= 0.3 is 0 Å². The third-order valence-electron chi connectivity index (χ3n) is 3.72. The average molecular weight is 306 g/mol. The summed E-state index contributed by atoms with van der Waals surface area (Å²) in [5.41, 5.74) is 4.50. The van der Waals surface area contributed by atoms with E-state index in [9.17, 15) is 4.79 Å². The van der Waals surface area contributed by atoms with Crippen LogP contribution in [0.5, 0.6) is 0 Å². The van der Waals surface area contributed by atoms with Crippen LogP contribution in [0.2, 0.25) is 0 Å². The predicted molar refractivity (Wildman–Crippen MR) is 89.4 cm³/mol. The van der Waals surface area contributed by atoms with Gasteiger partial charge in [-0.3, -0.25) is 4.79 Å². The molecule has 6 heteroatoms. The van der Waals surface area contributed by atoms with Gasteiger partial charge in [0.25, 0.3) is 0 Å². The Morgan fingerprint density at radius 2 is 2.19 bits per heavy atom. The summed E-state index contributed by atoms with van der Waals surface area (Å²) in [4.78, 5) is 21.8. The largest absolute Gasteiger partial charge is 0.355 e. The molecule has 0 spiro atoms. The van der Waals surface area contributed by atoms with Gasteiger partial charge in [0.15, 0.2) is 6.29 Å². The van der Waals surface area contributed by atoms with E-state index in [1.807, 2.05) is 6.07 Å². The Labute approximate surface area is 129 Å². The second-order valence-electron chi connectivity index (χ2n) is 5.18. The van der Waals surface area contributed by atoms with Crippen molar-refractivity contribution in [1.29, 1.82) is 0 Å². The van der Waals surface area contributed by atoms with Gasteiger partial charge in [0, 0.05) is 24.5 Å². The normalized spacial score (nSPS) is 18.0. The number of pyridine rings is 1. The predicted octanol–water partition coefficient (Wildman–Crippen LogP) is 1.82. The minimum atomic E-state index is 0.603. The number of thiophene rings is 1. The molecule has 1 atom stereocenters. The van der Waals surface area contributed by atoms with Crippen molar-refractivity contribution in [3.05, 3.63) is 23.1 Å². The summed E-state index contributed by atoms with van der Waals surface area (Å²) in [7, 11) is 5.75. The first kappa shape index (κ1) is 15.9. The van der Waals surface area contributed by atoms with E-state index < -0.39 is 0 Å². The second kappa shape index (κ2) is 6.98. The summed E-state index contributed by atoms with van der Waals surface area (Å²) in [6.45, 7) is 2.07. The van der Waals surface area contributed by atoms with Crippen LogP contribution in [-0.4, -0.2) is 56.4 Å². The van der Waals surface area contributed by atoms with E-state index in [1.54, 1.807) is 0 Å². The molecule has 1 saturated heterocycles. The highest BCUT2D eigenvalue weighted by Gasteiger charge is 2.24. The Kier molecular flexibility index (Phi) is 5.27. The molecule has 114 valence electrons. The van der Waals surface area contributed by atoms with Crippen LogP contribution in [0.25, 0.3) is 10.2 Å². The molecule has 2 aromatic heterocycles. The molecule has 0 bridgehead atoms. The van der Waals surface area contributed by atoms with Gasteiger partial charge in [0.05, 0.1) is 4.88 Å². The van der Waals surface area contributed by atoms with E-state index >= 15 is 0 Å². The Bertz CT molecular complexity index is 611. The molecule has 21 heavy (non-hydrogen) atoms. The zero-order valence-electron chi connectivity index (χ0n) is 12.7. The van der Waals surface area contributed by atoms with Gasteiger partial charge in [-0.25, -0.2) is 4.98 Å². The highest BCUT2D eigenvalue weighted by molar-refractivity contribution is 7.20. The molecular formula is C15H22N4OS. The first-order valence-corrected chi connectivity index (χ1v) is 7.84. The SMILES string of the molecule is CN.CN(C)C1CCN(c2ccc3cc(C=O)sc3n2)C1. The van der Waals surface area contributed by atoms with Crippen molar-refractivity contribution >= 4 is 33.7 Å². The van der Waals surface area contributed by atoms with Gasteiger partial charge in [-0.1, -0.05) is 0 Å². The van der Waals surface area contributed by atoms with Crippen molar-refractivity contribution in [1.82, 2.24) is 9.88 Å². The smallest absolute Gasteiger partial charge is 0.160 e. The Balaban J connectivity index is 0.000000774. The molecule has 0 saturated carbocycles. The number of carbonyl (C=O) groups excluding carboxylic acids is 1. The van der Waals surface area contributed by atoms with Crippen molar-refractivity contribution in [2.24, 2.45) is 5.73 Å². The van der Waals surface area contributed by atoms with Crippen LogP contribution in [0, 0.1) is 0 Å². The van der Waals surface area contributed by atoms with E-state index in [4.69, 9.17) is 0 Å². The van der Waals surface area contributed by atoms with Gasteiger partial charge in [0.2, 0.25) is 0 Å². The van der Waals surface area contributed by atoms with Crippen LogP contribution >= 0.6 is 11.3 Å². The van der Waals surface area contributed by atoms with Gasteiger partial charge in [-0.05, 0) is 45.8 Å². The van der Waals surface area contributed by atoms with Crippen LogP contribution in [0.1, 0.15) is 16.1 Å². The number of nitrogens with two attached hydrogens (primary N) is 1. The fourth-order valence-electron chi connectivity index (χ4n) is 2.53. The number of hydrogen-bond donors (Lipinski definition) is 1. The fourth-order valence-corrected chi connectivity index (χ4v) is 3.37. The summed E-state index contributed by atoms with van der Waals surface area (Å²) < 4.78 is 0. The van der Waals surface area contributed by atoms with Gasteiger partial charge in [-0.2, -0.15) is 0 Å². The lowest BCUT2D eigenvalue weighted by Crippen LogP contribution is -2.31. The summed E-state index contributed by atoms with van der Waals surface area (Å²) in [6.07, 6.45) is 2.07. The third kappa shape index (κ3) is 3.40. The topological polar surface area (TPSA) is 62.5 Å². The molecule has 0 aliphatic carbocycles. The molecule has 3 heterocycles. The number of rotatable bonds is 3. The molecule has 1 fully saturated rings. The summed E-state index contributed by atoms with van der Waals surface area (Å²) in [6, 6.07) is 6.62. The van der Waals surface area contributed by atoms with Crippen LogP contribution < -0.4 is 10.6 Å². The van der Waals surface area contributed by atoms with Crippen LogP contribution in [0.3, 0.4) is 0 Å². The highest BCUT2D eigenvalue weighted by Crippen LogP contribution is 2.27. The number of anilines is 1. The van der Waals surface area contributed by atoms with Crippen molar-refractivity contribution in [3.63, 3.8) is 0 Å². The number of fused-ring (bicyclic) bond motifs is 1. The fraction of sp³-hybridized carbons (Fsp3) is 0.467. The molecular weight excluding hydrogens is 284 g/mol. The van der Waals surface area contributed by atoms with E-state index in [-0.39, 0.29) is 0 Å². The standard InChI is InChI=1S/C14H17N3OS.CH5N/c1-16(2)11-5-6-17(8-11)13-4-3-10-7-12(9-18)19-14(10)15-13;1-2/h3-4,7,9,11H,5-6,8H2,1-2H3;2H2,1H3. The van der Waals surface area contributed by atoms with Crippen molar-refractivity contribution < 1.29 is 4.79 Å². The lowest BCUT2D eigenvalue weighted by atomic mass is 10.2. The number of aldehydes is 1. The maximum absolute atomic E-state index is 10.8. The second-order valence-corrected chi connectivity index (χ2v) is 6.24. The number of likely N-dealkylation sites (N-methyl/N-ethyl adjacent to an activating group) is 1. The third-order valence-corrected chi connectivity index (χ3v) is 4.69. The maximum Gasteiger partial charge on any atom is 0.160 e. The Hall–Kier alpha value is -1.50. The summed E-state index contributed by atoms with van der Waals surface area (Å²) in [5.74, 6) is 1.02. The van der Waals surface area contributed by atoms with Gasteiger partial charge in [0.1, 0.15) is 10.6 Å². The first-order valence-electron chi connectivity index (χ1n) is 7.02. The van der Waals surface area contributed by atoms with Gasteiger partial charge < -0.3 is 15.5 Å². The van der Waals surface area contributed by atoms with E-state index in [0.29, 0.717) is 6.04 Å². The highest BCUT2D eigenvalue weighted by atomic mass is 32.1. The number of hydrogen-bond acceptors (Lipinski definition) is 6. The number of nitrogens with zero attached hydrogens (tertiary/aromatic N) is 3. The Morgan fingerprint density at radius 1 is 1.43 bits per heavy atom. The molecule has 1 aliphatic heterocycles. The van der Waals surface area contributed by atoms with Gasteiger partial charge in [-0.15, -0.1) is 11.3 Å². The Morgan fingerprint density at radius 3 is 2.81 bits per heavy atom. The van der Waals surface area contributed by atoms with Crippen LogP contribution in [0.15, 0.2) is 18.2 Å². The quantitative estimate of drug-likeness (QED) is 0.877. The average Bonchev–Trinajstić information content (AvgIpc) is 3.15. The lowest BCUT2D eigenvalue weighted by Gasteiger charge is -2.21. The molecule has 0 aromatic carbocycles. The zero-order chi connectivity index (χ0) is 15.4. The minimum Gasteiger partial charge on any atom is -0.355 e. The molecule has 1 unspecified atom stereocenters.